The van der Waals surface area contributed by atoms with E-state index >= 15 is 0 Å². The van der Waals surface area contributed by atoms with E-state index in [1.165, 1.54) is 23.8 Å². The van der Waals surface area contributed by atoms with Crippen molar-refractivity contribution in [1.82, 2.24) is 15.6 Å². The van der Waals surface area contributed by atoms with Gasteiger partial charge in [0.1, 0.15) is 0 Å². The summed E-state index contributed by atoms with van der Waals surface area (Å²) in [5.41, 5.74) is 2.36. The van der Waals surface area contributed by atoms with Gasteiger partial charge in [0.15, 0.2) is 5.96 Å². The fraction of sp³-hybridized carbons (Fsp3) is 0.474. The van der Waals surface area contributed by atoms with Crippen molar-refractivity contribution in [3.63, 3.8) is 0 Å². The molecule has 0 bridgehead atoms. The molecule has 1 aromatic heterocycles. The molecule has 4 heteroatoms. The minimum absolute atomic E-state index is 0.704. The van der Waals surface area contributed by atoms with Crippen LogP contribution < -0.4 is 10.6 Å². The van der Waals surface area contributed by atoms with Crippen molar-refractivity contribution in [2.45, 2.75) is 33.1 Å². The first-order valence-corrected chi connectivity index (χ1v) is 8.55. The van der Waals surface area contributed by atoms with E-state index in [4.69, 9.17) is 0 Å². The molecule has 0 spiro atoms. The quantitative estimate of drug-likeness (QED) is 0.609. The molecule has 2 rings (SSSR count). The average Bonchev–Trinajstić information content (AvgIpc) is 2.61. The number of rotatable bonds is 7. The molecule has 0 unspecified atom stereocenters. The summed E-state index contributed by atoms with van der Waals surface area (Å²) < 4.78 is 0. The van der Waals surface area contributed by atoms with Crippen molar-refractivity contribution < 1.29 is 0 Å². The summed E-state index contributed by atoms with van der Waals surface area (Å²) in [6, 6.07) is 10.4. The van der Waals surface area contributed by atoms with Crippen LogP contribution in [0.1, 0.15) is 32.3 Å². The molecule has 0 aliphatic rings. The van der Waals surface area contributed by atoms with Crippen molar-refractivity contribution in [3.05, 3.63) is 42.1 Å². The number of guanidine groups is 1. The third kappa shape index (κ3) is 4.95. The molecule has 1 aromatic carbocycles. The molecule has 0 amide bonds. The zero-order valence-electron chi connectivity index (χ0n) is 14.5. The smallest absolute Gasteiger partial charge is 0.190 e. The van der Waals surface area contributed by atoms with Gasteiger partial charge in [0.05, 0.1) is 5.52 Å². The molecule has 0 aliphatic carbocycles. The number of hydrogen-bond acceptors (Lipinski definition) is 2. The second-order valence-corrected chi connectivity index (χ2v) is 5.80. The first-order chi connectivity index (χ1) is 11.3. The third-order valence-electron chi connectivity index (χ3n) is 4.34. The Morgan fingerprint density at radius 2 is 1.91 bits per heavy atom. The van der Waals surface area contributed by atoms with E-state index in [2.05, 4.69) is 58.7 Å². The molecule has 0 fully saturated rings. The normalized spacial score (nSPS) is 11.9. The summed E-state index contributed by atoms with van der Waals surface area (Å²) in [7, 11) is 1.82. The lowest BCUT2D eigenvalue weighted by Gasteiger charge is -2.16. The van der Waals surface area contributed by atoms with Gasteiger partial charge in [-0.15, -0.1) is 0 Å². The van der Waals surface area contributed by atoms with Crippen LogP contribution in [-0.4, -0.2) is 31.1 Å². The molecule has 2 aromatic rings. The molecule has 4 nitrogen and oxygen atoms in total. The highest BCUT2D eigenvalue weighted by Gasteiger charge is 2.05. The van der Waals surface area contributed by atoms with Gasteiger partial charge in [-0.3, -0.25) is 9.98 Å². The summed E-state index contributed by atoms with van der Waals surface area (Å²) in [5.74, 6) is 1.58. The van der Waals surface area contributed by atoms with Crippen molar-refractivity contribution in [1.29, 1.82) is 0 Å². The standard InChI is InChI=1S/C19H28N4/c1-4-15(5-2)14-23-19(20-3)22-13-11-17-9-6-8-16-10-7-12-21-18(16)17/h6-10,12,15H,4-5,11,13-14H2,1-3H3,(H2,20,22,23). The number of pyridine rings is 1. The lowest BCUT2D eigenvalue weighted by Crippen LogP contribution is -2.40. The van der Waals surface area contributed by atoms with Gasteiger partial charge in [-0.25, -0.2) is 0 Å². The Kier molecular flexibility index (Phi) is 6.85. The number of nitrogens with one attached hydrogen (secondary N) is 2. The Bertz CT molecular complexity index is 627. The zero-order valence-corrected chi connectivity index (χ0v) is 14.5. The molecular formula is C19H28N4. The van der Waals surface area contributed by atoms with Gasteiger partial charge in [0, 0.05) is 31.7 Å². The fourth-order valence-electron chi connectivity index (χ4n) is 2.72. The molecular weight excluding hydrogens is 284 g/mol. The van der Waals surface area contributed by atoms with Crippen LogP contribution in [-0.2, 0) is 6.42 Å². The molecule has 23 heavy (non-hydrogen) atoms. The summed E-state index contributed by atoms with van der Waals surface area (Å²) in [6.07, 6.45) is 5.18. The van der Waals surface area contributed by atoms with E-state index in [0.717, 1.165) is 31.0 Å². The van der Waals surface area contributed by atoms with Gasteiger partial charge in [-0.05, 0) is 24.0 Å². The summed E-state index contributed by atoms with van der Waals surface area (Å²) >= 11 is 0. The SMILES string of the molecule is CCC(CC)CNC(=NC)NCCc1cccc2cccnc12. The monoisotopic (exact) mass is 312 g/mol. The van der Waals surface area contributed by atoms with Crippen LogP contribution in [0.2, 0.25) is 0 Å². The van der Waals surface area contributed by atoms with E-state index in [1.54, 1.807) is 0 Å². The third-order valence-corrected chi connectivity index (χ3v) is 4.34. The lowest BCUT2D eigenvalue weighted by atomic mass is 10.0. The minimum atomic E-state index is 0.704. The van der Waals surface area contributed by atoms with Gasteiger partial charge in [0.2, 0.25) is 0 Å². The Morgan fingerprint density at radius 1 is 1.13 bits per heavy atom. The van der Waals surface area contributed by atoms with Crippen LogP contribution in [0.3, 0.4) is 0 Å². The molecule has 0 radical (unpaired) electrons. The van der Waals surface area contributed by atoms with E-state index in [-0.39, 0.29) is 0 Å². The maximum Gasteiger partial charge on any atom is 0.190 e. The number of nitrogens with zero attached hydrogens (tertiary/aromatic N) is 2. The van der Waals surface area contributed by atoms with Crippen molar-refractivity contribution in [3.8, 4) is 0 Å². The van der Waals surface area contributed by atoms with Gasteiger partial charge >= 0.3 is 0 Å². The number of para-hydroxylation sites is 1. The molecule has 0 saturated carbocycles. The molecule has 124 valence electrons. The Balaban J connectivity index is 1.87. The second-order valence-electron chi connectivity index (χ2n) is 5.80. The van der Waals surface area contributed by atoms with Crippen LogP contribution in [0.5, 0.6) is 0 Å². The molecule has 2 N–H and O–H groups in total. The second kappa shape index (κ2) is 9.13. The van der Waals surface area contributed by atoms with E-state index < -0.39 is 0 Å². The average molecular weight is 312 g/mol. The van der Waals surface area contributed by atoms with Gasteiger partial charge in [0.25, 0.3) is 0 Å². The van der Waals surface area contributed by atoms with Crippen LogP contribution in [0.15, 0.2) is 41.5 Å². The van der Waals surface area contributed by atoms with Crippen molar-refractivity contribution in [2.24, 2.45) is 10.9 Å². The summed E-state index contributed by atoms with van der Waals surface area (Å²) in [6.45, 7) is 6.29. The maximum absolute atomic E-state index is 4.51. The van der Waals surface area contributed by atoms with Crippen LogP contribution in [0, 0.1) is 5.92 Å². The van der Waals surface area contributed by atoms with E-state index in [0.29, 0.717) is 5.92 Å². The number of aliphatic imine (C=N–C) groups is 1. The Hall–Kier alpha value is -2.10. The predicted molar refractivity (Wildman–Crippen MR) is 98.9 cm³/mol. The van der Waals surface area contributed by atoms with Crippen molar-refractivity contribution >= 4 is 16.9 Å². The molecule has 0 atom stereocenters. The highest BCUT2D eigenvalue weighted by atomic mass is 15.2. The molecule has 1 heterocycles. The van der Waals surface area contributed by atoms with Gasteiger partial charge < -0.3 is 10.6 Å². The summed E-state index contributed by atoms with van der Waals surface area (Å²) in [5, 5.41) is 8.01. The first-order valence-electron chi connectivity index (χ1n) is 8.55. The molecule has 0 aliphatic heterocycles. The molecule has 0 saturated heterocycles. The number of hydrogen-bond donors (Lipinski definition) is 2. The zero-order chi connectivity index (χ0) is 16.5. The van der Waals surface area contributed by atoms with E-state index in [1.807, 2.05) is 19.3 Å². The van der Waals surface area contributed by atoms with Crippen LogP contribution in [0.4, 0.5) is 0 Å². The van der Waals surface area contributed by atoms with Crippen LogP contribution in [0.25, 0.3) is 10.9 Å². The van der Waals surface area contributed by atoms with E-state index in [9.17, 15) is 0 Å². The number of aromatic nitrogens is 1. The highest BCUT2D eigenvalue weighted by Crippen LogP contribution is 2.15. The Morgan fingerprint density at radius 3 is 2.65 bits per heavy atom. The number of fused-ring (bicyclic) bond motifs is 1. The lowest BCUT2D eigenvalue weighted by molar-refractivity contribution is 0.481. The fourth-order valence-corrected chi connectivity index (χ4v) is 2.72. The first kappa shape index (κ1) is 17.3. The predicted octanol–water partition coefficient (Wildman–Crippen LogP) is 3.38. The topological polar surface area (TPSA) is 49.3 Å². The minimum Gasteiger partial charge on any atom is -0.356 e. The maximum atomic E-state index is 4.51. The van der Waals surface area contributed by atoms with Crippen LogP contribution >= 0.6 is 0 Å². The summed E-state index contributed by atoms with van der Waals surface area (Å²) in [4.78, 5) is 8.81. The highest BCUT2D eigenvalue weighted by molar-refractivity contribution is 5.82. The number of benzene rings is 1. The largest absolute Gasteiger partial charge is 0.356 e. The van der Waals surface area contributed by atoms with Gasteiger partial charge in [-0.1, -0.05) is 51.0 Å². The Labute approximate surface area is 139 Å². The van der Waals surface area contributed by atoms with Gasteiger partial charge in [-0.2, -0.15) is 0 Å². The van der Waals surface area contributed by atoms with Crippen molar-refractivity contribution in [2.75, 3.05) is 20.1 Å².